The van der Waals surface area contributed by atoms with E-state index in [-0.39, 0.29) is 0 Å². The number of hydrogen-bond acceptors (Lipinski definition) is 4. The molecule has 1 aliphatic rings. The lowest BCUT2D eigenvalue weighted by Crippen LogP contribution is -2.21. The highest BCUT2D eigenvalue weighted by Gasteiger charge is 2.27. The summed E-state index contributed by atoms with van der Waals surface area (Å²) in [4.78, 5) is 6.93. The molecule has 152 valence electrons. The van der Waals surface area contributed by atoms with Crippen LogP contribution in [0.4, 0.5) is 11.5 Å². The van der Waals surface area contributed by atoms with E-state index in [1.54, 1.807) is 0 Å². The SMILES string of the molecule is CCN(CC)c1ccc(-c2c(C#N)c(N)nc3c2CC(c2ccccc2)CC3)cc1. The van der Waals surface area contributed by atoms with Gasteiger partial charge in [0.05, 0.1) is 0 Å². The average Bonchev–Trinajstić information content (AvgIpc) is 2.80. The molecule has 1 heterocycles. The molecule has 1 aliphatic carbocycles. The van der Waals surface area contributed by atoms with Gasteiger partial charge in [-0.3, -0.25) is 0 Å². The monoisotopic (exact) mass is 396 g/mol. The van der Waals surface area contributed by atoms with E-state index in [4.69, 9.17) is 5.73 Å². The molecule has 0 saturated heterocycles. The zero-order valence-electron chi connectivity index (χ0n) is 17.7. The number of rotatable bonds is 5. The van der Waals surface area contributed by atoms with Gasteiger partial charge in [0.1, 0.15) is 17.5 Å². The third-order valence-electron chi connectivity index (χ3n) is 6.26. The lowest BCUT2D eigenvalue weighted by molar-refractivity contribution is 0.576. The first kappa shape index (κ1) is 20.0. The lowest BCUT2D eigenvalue weighted by atomic mass is 9.78. The van der Waals surface area contributed by atoms with E-state index >= 15 is 0 Å². The summed E-state index contributed by atoms with van der Waals surface area (Å²) in [5.74, 6) is 0.779. The molecule has 1 aromatic heterocycles. The number of nitrogen functional groups attached to an aromatic ring is 1. The van der Waals surface area contributed by atoms with Crippen molar-refractivity contribution in [3.05, 3.63) is 77.0 Å². The third-order valence-corrected chi connectivity index (χ3v) is 6.26. The summed E-state index contributed by atoms with van der Waals surface area (Å²) < 4.78 is 0. The average molecular weight is 397 g/mol. The van der Waals surface area contributed by atoms with Crippen LogP contribution in [0.5, 0.6) is 0 Å². The zero-order valence-corrected chi connectivity index (χ0v) is 17.7. The number of aryl methyl sites for hydroxylation is 1. The van der Waals surface area contributed by atoms with E-state index in [9.17, 15) is 5.26 Å². The molecule has 2 aromatic carbocycles. The topological polar surface area (TPSA) is 65.9 Å². The second kappa shape index (κ2) is 8.59. The standard InChI is InChI=1S/C26H28N4/c1-3-30(4-2)21-13-10-19(11-14-21)25-22-16-20(18-8-6-5-7-9-18)12-15-24(22)29-26(28)23(25)17-27/h5-11,13-14,20H,3-4,12,15-16H2,1-2H3,(H2,28,29). The van der Waals surface area contributed by atoms with Gasteiger partial charge in [0, 0.05) is 30.0 Å². The van der Waals surface area contributed by atoms with Crippen LogP contribution in [0.1, 0.15) is 48.6 Å². The quantitative estimate of drug-likeness (QED) is 0.634. The Morgan fingerprint density at radius 1 is 1.07 bits per heavy atom. The first-order valence-corrected chi connectivity index (χ1v) is 10.8. The second-order valence-corrected chi connectivity index (χ2v) is 7.85. The van der Waals surface area contributed by atoms with Crippen LogP contribution in [0.2, 0.25) is 0 Å². The summed E-state index contributed by atoms with van der Waals surface area (Å²) in [5, 5.41) is 9.89. The van der Waals surface area contributed by atoms with Crippen molar-refractivity contribution in [2.24, 2.45) is 0 Å². The zero-order chi connectivity index (χ0) is 21.1. The third kappa shape index (κ3) is 3.64. The van der Waals surface area contributed by atoms with Gasteiger partial charge in [-0.2, -0.15) is 5.26 Å². The molecule has 0 spiro atoms. The predicted octanol–water partition coefficient (Wildman–Crippen LogP) is 5.32. The molecule has 0 saturated carbocycles. The molecule has 4 rings (SSSR count). The Morgan fingerprint density at radius 3 is 2.40 bits per heavy atom. The minimum atomic E-state index is 0.345. The highest BCUT2D eigenvalue weighted by molar-refractivity contribution is 5.80. The molecule has 3 aromatic rings. The number of fused-ring (bicyclic) bond motifs is 1. The van der Waals surface area contributed by atoms with E-state index < -0.39 is 0 Å². The summed E-state index contributed by atoms with van der Waals surface area (Å²) in [7, 11) is 0. The first-order valence-electron chi connectivity index (χ1n) is 10.8. The van der Waals surface area contributed by atoms with Gasteiger partial charge < -0.3 is 10.6 Å². The van der Waals surface area contributed by atoms with Gasteiger partial charge in [-0.25, -0.2) is 4.98 Å². The van der Waals surface area contributed by atoms with Crippen molar-refractivity contribution < 1.29 is 0 Å². The largest absolute Gasteiger partial charge is 0.383 e. The van der Waals surface area contributed by atoms with Crippen molar-refractivity contribution in [2.75, 3.05) is 23.7 Å². The van der Waals surface area contributed by atoms with Crippen LogP contribution in [0.15, 0.2) is 54.6 Å². The van der Waals surface area contributed by atoms with E-state index in [0.29, 0.717) is 17.3 Å². The molecule has 1 unspecified atom stereocenters. The van der Waals surface area contributed by atoms with Crippen molar-refractivity contribution in [1.82, 2.24) is 4.98 Å². The van der Waals surface area contributed by atoms with E-state index in [2.05, 4.69) is 84.4 Å². The van der Waals surface area contributed by atoms with Gasteiger partial charge in [-0.05, 0) is 67.9 Å². The molecule has 2 N–H and O–H groups in total. The molecule has 4 nitrogen and oxygen atoms in total. The van der Waals surface area contributed by atoms with Gasteiger partial charge >= 0.3 is 0 Å². The summed E-state index contributed by atoms with van der Waals surface area (Å²) in [5.41, 5.74) is 13.5. The maximum absolute atomic E-state index is 9.89. The van der Waals surface area contributed by atoms with Crippen molar-refractivity contribution in [1.29, 1.82) is 5.26 Å². The molecule has 0 radical (unpaired) electrons. The van der Waals surface area contributed by atoms with E-state index in [1.807, 2.05) is 0 Å². The molecule has 0 amide bonds. The molecular weight excluding hydrogens is 368 g/mol. The van der Waals surface area contributed by atoms with Gasteiger partial charge in [0.15, 0.2) is 0 Å². The van der Waals surface area contributed by atoms with Crippen molar-refractivity contribution in [2.45, 2.75) is 39.0 Å². The number of pyridine rings is 1. The number of nitrogens with two attached hydrogens (primary N) is 1. The Hall–Kier alpha value is -3.32. The maximum Gasteiger partial charge on any atom is 0.142 e. The number of aromatic nitrogens is 1. The van der Waals surface area contributed by atoms with Crippen molar-refractivity contribution in [3.63, 3.8) is 0 Å². The number of nitrogens with zero attached hydrogens (tertiary/aromatic N) is 3. The minimum Gasteiger partial charge on any atom is -0.383 e. The summed E-state index contributed by atoms with van der Waals surface area (Å²) in [6.07, 6.45) is 2.82. The van der Waals surface area contributed by atoms with Gasteiger partial charge in [-0.15, -0.1) is 0 Å². The van der Waals surface area contributed by atoms with Gasteiger partial charge in [-0.1, -0.05) is 42.5 Å². The normalized spacial score (nSPS) is 15.3. The highest BCUT2D eigenvalue weighted by atomic mass is 15.1. The number of anilines is 2. The Kier molecular flexibility index (Phi) is 5.72. The Labute approximate surface area is 179 Å². The van der Waals surface area contributed by atoms with Crippen LogP contribution >= 0.6 is 0 Å². The summed E-state index contributed by atoms with van der Waals surface area (Å²) in [6.45, 7) is 6.26. The van der Waals surface area contributed by atoms with Crippen LogP contribution in [0, 0.1) is 11.3 Å². The molecule has 30 heavy (non-hydrogen) atoms. The molecule has 0 aliphatic heterocycles. The molecule has 0 bridgehead atoms. The lowest BCUT2D eigenvalue weighted by Gasteiger charge is -2.28. The van der Waals surface area contributed by atoms with Crippen LogP contribution in [-0.2, 0) is 12.8 Å². The number of hydrogen-bond donors (Lipinski definition) is 1. The Morgan fingerprint density at radius 2 is 1.77 bits per heavy atom. The van der Waals surface area contributed by atoms with Crippen LogP contribution in [0.3, 0.4) is 0 Å². The first-order chi connectivity index (χ1) is 14.7. The van der Waals surface area contributed by atoms with Crippen LogP contribution < -0.4 is 10.6 Å². The van der Waals surface area contributed by atoms with Crippen LogP contribution in [-0.4, -0.2) is 18.1 Å². The predicted molar refractivity (Wildman–Crippen MR) is 124 cm³/mol. The molecule has 1 atom stereocenters. The number of benzene rings is 2. The second-order valence-electron chi connectivity index (χ2n) is 7.85. The fourth-order valence-electron chi connectivity index (χ4n) is 4.65. The van der Waals surface area contributed by atoms with Gasteiger partial charge in [0.25, 0.3) is 0 Å². The van der Waals surface area contributed by atoms with Gasteiger partial charge in [0.2, 0.25) is 0 Å². The smallest absolute Gasteiger partial charge is 0.142 e. The Balaban J connectivity index is 1.80. The summed E-state index contributed by atoms with van der Waals surface area (Å²) in [6, 6.07) is 21.5. The van der Waals surface area contributed by atoms with Crippen molar-refractivity contribution >= 4 is 11.5 Å². The van der Waals surface area contributed by atoms with E-state index in [1.165, 1.54) is 16.8 Å². The maximum atomic E-state index is 9.89. The summed E-state index contributed by atoms with van der Waals surface area (Å²) >= 11 is 0. The molecular formula is C26H28N4. The number of nitriles is 1. The Bertz CT molecular complexity index is 1060. The van der Waals surface area contributed by atoms with Crippen molar-refractivity contribution in [3.8, 4) is 17.2 Å². The van der Waals surface area contributed by atoms with Crippen LogP contribution in [0.25, 0.3) is 11.1 Å². The highest BCUT2D eigenvalue weighted by Crippen LogP contribution is 2.40. The van der Waals surface area contributed by atoms with E-state index in [0.717, 1.165) is 49.2 Å². The fourth-order valence-corrected chi connectivity index (χ4v) is 4.65. The fraction of sp³-hybridized carbons (Fsp3) is 0.308. The molecule has 0 fully saturated rings. The minimum absolute atomic E-state index is 0.345. The molecule has 4 heteroatoms.